The molecule has 1 aromatic heterocycles. The average Bonchev–Trinajstić information content (AvgIpc) is 2.58. The second-order valence-electron chi connectivity index (χ2n) is 6.25. The van der Waals surface area contributed by atoms with Crippen molar-refractivity contribution >= 4 is 0 Å². The Morgan fingerprint density at radius 1 is 1.15 bits per heavy atom. The Kier molecular flexibility index (Phi) is 2.33. The monoisotopic (exact) mass is 292 g/mol. The van der Waals surface area contributed by atoms with Crippen molar-refractivity contribution in [2.75, 3.05) is 0 Å². The van der Waals surface area contributed by atoms with Crippen LogP contribution >= 0.6 is 0 Å². The first-order valence-corrected chi connectivity index (χ1v) is 6.23. The number of allylic oxidation sites excluding steroid dienone is 2. The van der Waals surface area contributed by atoms with Crippen LogP contribution in [0.2, 0.25) is 0 Å². The van der Waals surface area contributed by atoms with Gasteiger partial charge in [-0.05, 0) is 20.8 Å². The van der Waals surface area contributed by atoms with E-state index in [4.69, 9.17) is 0 Å². The minimum atomic E-state index is -4.73. The van der Waals surface area contributed by atoms with Gasteiger partial charge >= 0.3 is 6.18 Å². The van der Waals surface area contributed by atoms with E-state index in [-0.39, 0.29) is 5.56 Å². The number of halogens is 5. The van der Waals surface area contributed by atoms with Gasteiger partial charge in [0.1, 0.15) is 5.69 Å². The van der Waals surface area contributed by atoms with E-state index in [1.165, 1.54) is 12.2 Å². The third kappa shape index (κ3) is 1.52. The van der Waals surface area contributed by atoms with E-state index in [9.17, 15) is 22.0 Å². The summed E-state index contributed by atoms with van der Waals surface area (Å²) in [5, 5.41) is 3.47. The van der Waals surface area contributed by atoms with E-state index in [2.05, 4.69) is 5.10 Å². The van der Waals surface area contributed by atoms with Crippen molar-refractivity contribution in [2.45, 2.75) is 44.3 Å². The number of hydrogen-bond donors (Lipinski definition) is 0. The number of nitrogens with zero attached hydrogens (tertiary/aromatic N) is 2. The largest absolute Gasteiger partial charge is 0.435 e. The van der Waals surface area contributed by atoms with E-state index < -0.39 is 40.9 Å². The summed E-state index contributed by atoms with van der Waals surface area (Å²) < 4.78 is 68.8. The molecule has 0 N–H and O–H groups in total. The van der Waals surface area contributed by atoms with E-state index in [1.807, 2.05) is 0 Å². The molecule has 2 atom stereocenters. The maximum Gasteiger partial charge on any atom is 0.435 e. The normalized spacial score (nSPS) is 27.2. The van der Waals surface area contributed by atoms with Crippen LogP contribution in [0, 0.1) is 5.92 Å². The molecule has 0 spiro atoms. The molecule has 110 valence electrons. The van der Waals surface area contributed by atoms with Gasteiger partial charge in [0.25, 0.3) is 5.92 Å². The lowest BCUT2D eigenvalue weighted by Crippen LogP contribution is -2.33. The molecular weight excluding hydrogens is 279 g/mol. The maximum absolute atomic E-state index is 14.3. The van der Waals surface area contributed by atoms with Crippen molar-refractivity contribution in [3.8, 4) is 0 Å². The second kappa shape index (κ2) is 3.43. The zero-order chi connectivity index (χ0) is 15.1. The van der Waals surface area contributed by atoms with Gasteiger partial charge in [0.05, 0.1) is 11.5 Å². The van der Waals surface area contributed by atoms with Crippen LogP contribution in [0.25, 0.3) is 0 Å². The van der Waals surface area contributed by atoms with Crippen LogP contribution in [-0.4, -0.2) is 9.78 Å². The minimum Gasteiger partial charge on any atom is -0.257 e. The van der Waals surface area contributed by atoms with Gasteiger partial charge in [-0.1, -0.05) is 12.2 Å². The van der Waals surface area contributed by atoms with E-state index in [0.717, 1.165) is 4.68 Å². The summed E-state index contributed by atoms with van der Waals surface area (Å²) in [6, 6.07) is 0. The molecule has 0 saturated carbocycles. The summed E-state index contributed by atoms with van der Waals surface area (Å²) in [6.45, 7) is 4.68. The number of aromatic nitrogens is 2. The van der Waals surface area contributed by atoms with Crippen molar-refractivity contribution in [2.24, 2.45) is 5.92 Å². The Labute approximate surface area is 112 Å². The Morgan fingerprint density at radius 2 is 1.75 bits per heavy atom. The minimum absolute atomic E-state index is 0.357. The third-order valence-electron chi connectivity index (χ3n) is 3.81. The van der Waals surface area contributed by atoms with Gasteiger partial charge in [-0.2, -0.15) is 27.1 Å². The van der Waals surface area contributed by atoms with Gasteiger partial charge in [-0.15, -0.1) is 0 Å². The van der Waals surface area contributed by atoms with E-state index in [0.29, 0.717) is 0 Å². The van der Waals surface area contributed by atoms with Crippen molar-refractivity contribution < 1.29 is 22.0 Å². The fourth-order valence-electron chi connectivity index (χ4n) is 2.87. The summed E-state index contributed by atoms with van der Waals surface area (Å²) in [5.41, 5.74) is -3.07. The molecule has 1 unspecified atom stereocenters. The Balaban J connectivity index is 2.32. The Hall–Kier alpha value is -1.40. The van der Waals surface area contributed by atoms with Crippen molar-refractivity contribution in [1.29, 1.82) is 0 Å². The molecule has 7 heteroatoms. The maximum atomic E-state index is 14.3. The van der Waals surface area contributed by atoms with Crippen molar-refractivity contribution in [3.63, 3.8) is 0 Å². The highest BCUT2D eigenvalue weighted by Crippen LogP contribution is 2.61. The first-order valence-electron chi connectivity index (χ1n) is 6.23. The molecule has 2 nitrogen and oxygen atoms in total. The molecule has 1 heterocycles. The fourth-order valence-corrected chi connectivity index (χ4v) is 2.87. The standard InChI is InChI=1S/C13H13F5N2/c1-11(2,3)20-10-8(9(19-20)13(16,17)18)6-4-5-7(6)12(10,14)15/h4-7H,1-3H3/t6?,7-/m1/s1. The summed E-state index contributed by atoms with van der Waals surface area (Å²) in [7, 11) is 0. The highest BCUT2D eigenvalue weighted by atomic mass is 19.4. The van der Waals surface area contributed by atoms with Crippen LogP contribution < -0.4 is 0 Å². The van der Waals surface area contributed by atoms with E-state index in [1.54, 1.807) is 20.8 Å². The first-order chi connectivity index (χ1) is 8.95. The van der Waals surface area contributed by atoms with Crippen molar-refractivity contribution in [1.82, 2.24) is 9.78 Å². The molecule has 0 aliphatic heterocycles. The molecule has 0 amide bonds. The Bertz CT molecular complexity index is 604. The lowest BCUT2D eigenvalue weighted by molar-refractivity contribution is -0.142. The average molecular weight is 292 g/mol. The zero-order valence-corrected chi connectivity index (χ0v) is 11.1. The highest BCUT2D eigenvalue weighted by molar-refractivity contribution is 5.49. The number of hydrogen-bond acceptors (Lipinski definition) is 1. The molecule has 1 aromatic rings. The SMILES string of the molecule is CC(C)(C)n1nc(C(F)(F)F)c2c1C(F)(F)[C@@H]1C=CC21. The molecule has 2 aliphatic carbocycles. The fraction of sp³-hybridized carbons (Fsp3) is 0.615. The summed E-state index contributed by atoms with van der Waals surface area (Å²) >= 11 is 0. The molecule has 3 rings (SSSR count). The molecule has 2 aliphatic rings. The topological polar surface area (TPSA) is 17.8 Å². The van der Waals surface area contributed by atoms with Crippen LogP contribution in [0.3, 0.4) is 0 Å². The number of fused-ring (bicyclic) bond motifs is 3. The third-order valence-corrected chi connectivity index (χ3v) is 3.81. The molecule has 0 radical (unpaired) electrons. The van der Waals surface area contributed by atoms with Crippen LogP contribution in [-0.2, 0) is 17.6 Å². The molecule has 20 heavy (non-hydrogen) atoms. The van der Waals surface area contributed by atoms with Gasteiger partial charge < -0.3 is 0 Å². The lowest BCUT2D eigenvalue weighted by Gasteiger charge is -2.30. The van der Waals surface area contributed by atoms with Gasteiger partial charge in [-0.25, -0.2) is 0 Å². The summed E-state index contributed by atoms with van der Waals surface area (Å²) in [4.78, 5) is 0. The molecular formula is C13H13F5N2. The van der Waals surface area contributed by atoms with Crippen LogP contribution in [0.5, 0.6) is 0 Å². The van der Waals surface area contributed by atoms with Crippen LogP contribution in [0.1, 0.15) is 43.6 Å². The summed E-state index contributed by atoms with van der Waals surface area (Å²) in [5.74, 6) is -5.36. The van der Waals surface area contributed by atoms with Crippen LogP contribution in [0.15, 0.2) is 12.2 Å². The second-order valence-corrected chi connectivity index (χ2v) is 6.25. The van der Waals surface area contributed by atoms with Crippen LogP contribution in [0.4, 0.5) is 22.0 Å². The molecule has 0 saturated heterocycles. The molecule has 0 fully saturated rings. The van der Waals surface area contributed by atoms with Gasteiger partial charge in [-0.3, -0.25) is 4.68 Å². The quantitative estimate of drug-likeness (QED) is 0.521. The number of alkyl halides is 5. The Morgan fingerprint density at radius 3 is 2.15 bits per heavy atom. The lowest BCUT2D eigenvalue weighted by atomic mass is 9.81. The van der Waals surface area contributed by atoms with E-state index >= 15 is 0 Å². The van der Waals surface area contributed by atoms with Gasteiger partial charge in [0, 0.05) is 11.5 Å². The first kappa shape index (κ1) is 13.6. The predicted molar refractivity (Wildman–Crippen MR) is 61.5 cm³/mol. The number of rotatable bonds is 0. The molecule has 0 aromatic carbocycles. The van der Waals surface area contributed by atoms with Gasteiger partial charge in [0.2, 0.25) is 0 Å². The molecule has 0 bridgehead atoms. The van der Waals surface area contributed by atoms with Crippen molar-refractivity contribution in [3.05, 3.63) is 29.1 Å². The zero-order valence-electron chi connectivity index (χ0n) is 11.1. The van der Waals surface area contributed by atoms with Gasteiger partial charge in [0.15, 0.2) is 5.69 Å². The highest BCUT2D eigenvalue weighted by Gasteiger charge is 2.62. The smallest absolute Gasteiger partial charge is 0.257 e. The summed E-state index contributed by atoms with van der Waals surface area (Å²) in [6.07, 6.45) is -2.05. The predicted octanol–water partition coefficient (Wildman–Crippen LogP) is 4.03.